The Hall–Kier alpha value is -1.30. The Bertz CT molecular complexity index is 386. The van der Waals surface area contributed by atoms with Crippen LogP contribution in [0.25, 0.3) is 0 Å². The highest BCUT2D eigenvalue weighted by Crippen LogP contribution is 1.99. The quantitative estimate of drug-likeness (QED) is 0.689. The monoisotopic (exact) mass is 187 g/mol. The van der Waals surface area contributed by atoms with Crippen molar-refractivity contribution >= 4 is 0 Å². The van der Waals surface area contributed by atoms with E-state index in [0.29, 0.717) is 6.61 Å². The number of nitrogens with zero attached hydrogens (tertiary/aromatic N) is 2. The van der Waals surface area contributed by atoms with Crippen molar-refractivity contribution in [3.8, 4) is 0 Å². The van der Waals surface area contributed by atoms with Crippen LogP contribution in [0.1, 0.15) is 20.1 Å². The third kappa shape index (κ3) is 1.72. The number of aromatic nitrogens is 3. The van der Waals surface area contributed by atoms with E-state index in [0.717, 1.165) is 9.25 Å². The molecule has 0 aliphatic heterocycles. The summed E-state index contributed by atoms with van der Waals surface area (Å²) in [6.07, 6.45) is -0.439. The molecule has 0 aliphatic carbocycles. The topological polar surface area (TPSA) is 69.0 Å². The van der Waals surface area contributed by atoms with Crippen molar-refractivity contribution in [3.63, 3.8) is 0 Å². The molecule has 0 aliphatic rings. The maximum atomic E-state index is 11.3. The lowest BCUT2D eigenvalue weighted by Gasteiger charge is -2.10. The second-order valence-corrected chi connectivity index (χ2v) is 2.68. The first-order valence-electron chi connectivity index (χ1n) is 4.07. The summed E-state index contributed by atoms with van der Waals surface area (Å²) < 4.78 is 7.31. The van der Waals surface area contributed by atoms with Crippen molar-refractivity contribution in [1.82, 2.24) is 14.3 Å². The van der Waals surface area contributed by atoms with Gasteiger partial charge in [-0.15, -0.1) is 0 Å². The van der Waals surface area contributed by atoms with Crippen LogP contribution in [0, 0.1) is 0 Å². The first-order chi connectivity index (χ1) is 6.07. The molecule has 13 heavy (non-hydrogen) atoms. The van der Waals surface area contributed by atoms with E-state index >= 15 is 0 Å². The highest BCUT2D eigenvalue weighted by molar-refractivity contribution is 4.68. The molecular formula is C7H13N3O3. The van der Waals surface area contributed by atoms with Crippen molar-refractivity contribution in [2.45, 2.75) is 20.1 Å². The fourth-order valence-electron chi connectivity index (χ4n) is 1.04. The van der Waals surface area contributed by atoms with Crippen LogP contribution in [0.15, 0.2) is 9.59 Å². The van der Waals surface area contributed by atoms with Crippen LogP contribution in [0.4, 0.5) is 0 Å². The third-order valence-corrected chi connectivity index (χ3v) is 1.79. The molecule has 0 saturated heterocycles. The Kier molecular flexibility index (Phi) is 2.72. The van der Waals surface area contributed by atoms with Crippen LogP contribution in [-0.2, 0) is 11.8 Å². The minimum Gasteiger partial charge on any atom is -0.357 e. The molecule has 0 radical (unpaired) electrons. The van der Waals surface area contributed by atoms with E-state index < -0.39 is 17.6 Å². The molecule has 1 N–H and O–H groups in total. The summed E-state index contributed by atoms with van der Waals surface area (Å²) in [5.74, 6) is 0. The molecule has 6 nitrogen and oxygen atoms in total. The van der Waals surface area contributed by atoms with Crippen molar-refractivity contribution in [3.05, 3.63) is 21.0 Å². The summed E-state index contributed by atoms with van der Waals surface area (Å²) in [5, 5.41) is 2.38. The predicted octanol–water partition coefficient (Wildman–Crippen LogP) is -0.570. The number of hydrogen-bond acceptors (Lipinski definition) is 3. The van der Waals surface area contributed by atoms with Crippen LogP contribution in [-0.4, -0.2) is 21.0 Å². The molecule has 0 amide bonds. The number of H-pyrrole nitrogens is 1. The van der Waals surface area contributed by atoms with Gasteiger partial charge in [-0.25, -0.2) is 23.9 Å². The molecule has 0 spiro atoms. The largest absolute Gasteiger partial charge is 0.357 e. The van der Waals surface area contributed by atoms with Gasteiger partial charge in [0.25, 0.3) is 0 Å². The maximum Gasteiger partial charge on any atom is 0.349 e. The van der Waals surface area contributed by atoms with Crippen molar-refractivity contribution in [1.29, 1.82) is 0 Å². The maximum absolute atomic E-state index is 11.3. The Morgan fingerprint density at radius 2 is 2.15 bits per heavy atom. The van der Waals surface area contributed by atoms with Crippen LogP contribution < -0.4 is 11.4 Å². The fraction of sp³-hybridized carbons (Fsp3) is 0.714. The van der Waals surface area contributed by atoms with Gasteiger partial charge >= 0.3 is 11.4 Å². The van der Waals surface area contributed by atoms with Gasteiger partial charge in [-0.1, -0.05) is 0 Å². The lowest BCUT2D eigenvalue weighted by Crippen LogP contribution is -2.28. The number of nitrogens with one attached hydrogen (secondary N) is 1. The molecule has 1 heterocycles. The molecule has 1 aromatic rings. The van der Waals surface area contributed by atoms with E-state index in [1.807, 2.05) is 6.92 Å². The van der Waals surface area contributed by atoms with E-state index in [9.17, 15) is 9.59 Å². The molecule has 0 bridgehead atoms. The summed E-state index contributed by atoms with van der Waals surface area (Å²) in [6.45, 7) is 4.01. The van der Waals surface area contributed by atoms with E-state index in [1.165, 1.54) is 7.05 Å². The SMILES string of the molecule is CCOC(C)n1[nH]c(=O)n(C)c1=O. The van der Waals surface area contributed by atoms with Crippen LogP contribution >= 0.6 is 0 Å². The fourth-order valence-corrected chi connectivity index (χ4v) is 1.04. The predicted molar refractivity (Wildman–Crippen MR) is 46.6 cm³/mol. The Labute approximate surface area is 74.7 Å². The first-order valence-corrected chi connectivity index (χ1v) is 4.07. The molecule has 0 aromatic carbocycles. The minimum atomic E-state index is -0.439. The van der Waals surface area contributed by atoms with Gasteiger partial charge in [0.15, 0.2) is 6.23 Å². The Morgan fingerprint density at radius 3 is 2.54 bits per heavy atom. The zero-order chi connectivity index (χ0) is 10.0. The molecule has 1 rings (SSSR count). The standard InChI is InChI=1S/C7H13N3O3/c1-4-13-5(2)10-7(12)9(3)6(11)8-10/h5H,4H2,1-3H3,(H,8,11). The highest BCUT2D eigenvalue weighted by atomic mass is 16.5. The van der Waals surface area contributed by atoms with E-state index in [4.69, 9.17) is 4.74 Å². The zero-order valence-electron chi connectivity index (χ0n) is 7.90. The van der Waals surface area contributed by atoms with E-state index in [1.54, 1.807) is 6.92 Å². The molecule has 74 valence electrons. The van der Waals surface area contributed by atoms with Crippen LogP contribution in [0.5, 0.6) is 0 Å². The van der Waals surface area contributed by atoms with E-state index in [-0.39, 0.29) is 0 Å². The van der Waals surface area contributed by atoms with Gasteiger partial charge in [0.2, 0.25) is 0 Å². The van der Waals surface area contributed by atoms with Gasteiger partial charge in [-0.3, -0.25) is 0 Å². The summed E-state index contributed by atoms with van der Waals surface area (Å²) in [5.41, 5.74) is -0.831. The number of aromatic amines is 1. The summed E-state index contributed by atoms with van der Waals surface area (Å²) >= 11 is 0. The van der Waals surface area contributed by atoms with Gasteiger partial charge < -0.3 is 4.74 Å². The molecule has 1 atom stereocenters. The minimum absolute atomic E-state index is 0.397. The lowest BCUT2D eigenvalue weighted by molar-refractivity contribution is 0.0128. The average molecular weight is 187 g/mol. The number of rotatable bonds is 3. The van der Waals surface area contributed by atoms with Gasteiger partial charge in [-0.05, 0) is 13.8 Å². The molecule has 6 heteroatoms. The second kappa shape index (κ2) is 3.61. The third-order valence-electron chi connectivity index (χ3n) is 1.79. The van der Waals surface area contributed by atoms with E-state index in [2.05, 4.69) is 5.10 Å². The van der Waals surface area contributed by atoms with Gasteiger partial charge in [0.05, 0.1) is 0 Å². The molecule has 1 unspecified atom stereocenters. The van der Waals surface area contributed by atoms with Crippen molar-refractivity contribution < 1.29 is 4.74 Å². The number of ether oxygens (including phenoxy) is 1. The van der Waals surface area contributed by atoms with Crippen LogP contribution in [0.3, 0.4) is 0 Å². The highest BCUT2D eigenvalue weighted by Gasteiger charge is 2.10. The van der Waals surface area contributed by atoms with Gasteiger partial charge in [-0.2, -0.15) is 0 Å². The van der Waals surface area contributed by atoms with Gasteiger partial charge in [0.1, 0.15) is 0 Å². The van der Waals surface area contributed by atoms with Crippen LogP contribution in [0.2, 0.25) is 0 Å². The molecule has 0 fully saturated rings. The Balaban J connectivity index is 3.09. The first kappa shape index (κ1) is 9.79. The normalized spacial score (nSPS) is 13.2. The van der Waals surface area contributed by atoms with Crippen molar-refractivity contribution in [2.75, 3.05) is 6.61 Å². The molecule has 1 aromatic heterocycles. The molecule has 0 saturated carbocycles. The molecular weight excluding hydrogens is 174 g/mol. The summed E-state index contributed by atoms with van der Waals surface area (Å²) in [4.78, 5) is 22.3. The van der Waals surface area contributed by atoms with Gasteiger partial charge in [0, 0.05) is 13.7 Å². The zero-order valence-corrected chi connectivity index (χ0v) is 7.90. The average Bonchev–Trinajstić information content (AvgIpc) is 2.33. The lowest BCUT2D eigenvalue weighted by atomic mass is 10.6. The second-order valence-electron chi connectivity index (χ2n) is 2.68. The number of hydrogen-bond donors (Lipinski definition) is 1. The summed E-state index contributed by atoms with van der Waals surface area (Å²) in [6, 6.07) is 0. The summed E-state index contributed by atoms with van der Waals surface area (Å²) in [7, 11) is 1.41. The Morgan fingerprint density at radius 1 is 1.54 bits per heavy atom. The van der Waals surface area contributed by atoms with Crippen molar-refractivity contribution in [2.24, 2.45) is 7.05 Å². The smallest absolute Gasteiger partial charge is 0.349 e.